The van der Waals surface area contributed by atoms with E-state index in [1.165, 1.54) is 6.92 Å². The minimum absolute atomic E-state index is 0.113. The van der Waals surface area contributed by atoms with E-state index in [0.717, 1.165) is 6.42 Å². The van der Waals surface area contributed by atoms with Crippen LogP contribution in [0.5, 0.6) is 0 Å². The van der Waals surface area contributed by atoms with Crippen molar-refractivity contribution in [2.24, 2.45) is 0 Å². The summed E-state index contributed by atoms with van der Waals surface area (Å²) < 4.78 is 0. The summed E-state index contributed by atoms with van der Waals surface area (Å²) in [6.07, 6.45) is 2.04. The molecule has 0 aromatic rings. The molecule has 0 aromatic heterocycles. The van der Waals surface area contributed by atoms with E-state index < -0.39 is 11.6 Å². The molecule has 2 amide bonds. The Hall–Kier alpha value is -0.750. The number of amides is 2. The maximum Gasteiger partial charge on any atom is 0.245 e. The molecule has 0 spiro atoms. The lowest BCUT2D eigenvalue weighted by molar-refractivity contribution is -0.135. The topological polar surface area (TPSA) is 69.6 Å². The molecule has 1 fully saturated rings. The Morgan fingerprint density at radius 1 is 1.44 bits per heavy atom. The van der Waals surface area contributed by atoms with Gasteiger partial charge in [-0.1, -0.05) is 0 Å². The summed E-state index contributed by atoms with van der Waals surface area (Å²) in [6.45, 7) is 4.33. The Bertz CT molecular complexity index is 320. The lowest BCUT2D eigenvalue weighted by Gasteiger charge is -2.26. The Labute approximate surface area is 113 Å². The monoisotopic (exact) mass is 274 g/mol. The lowest BCUT2D eigenvalue weighted by atomic mass is 9.98. The molecule has 1 aliphatic heterocycles. The van der Waals surface area contributed by atoms with Crippen LogP contribution in [0.2, 0.25) is 0 Å². The molecule has 1 heterocycles. The van der Waals surface area contributed by atoms with Crippen molar-refractivity contribution < 1.29 is 14.7 Å². The van der Waals surface area contributed by atoms with Crippen molar-refractivity contribution in [2.45, 2.75) is 44.8 Å². The number of rotatable bonds is 3. The molecule has 1 saturated heterocycles. The van der Waals surface area contributed by atoms with E-state index in [-0.39, 0.29) is 17.6 Å². The van der Waals surface area contributed by atoms with Crippen LogP contribution in [0.25, 0.3) is 0 Å². The maximum absolute atomic E-state index is 12.2. The fourth-order valence-corrected chi connectivity index (χ4v) is 2.38. The number of carbonyl (C=O) groups is 2. The van der Waals surface area contributed by atoms with Crippen LogP contribution < -0.4 is 5.32 Å². The second-order valence-electron chi connectivity index (χ2n) is 5.11. The molecule has 0 bridgehead atoms. The van der Waals surface area contributed by atoms with Crippen LogP contribution in [-0.4, -0.2) is 52.3 Å². The largest absolute Gasteiger partial charge is 0.390 e. The molecular formula is C12H22N2O3S. The van der Waals surface area contributed by atoms with Gasteiger partial charge in [0, 0.05) is 25.8 Å². The predicted octanol–water partition coefficient (Wildman–Crippen LogP) is 0.184. The smallest absolute Gasteiger partial charge is 0.245 e. The first-order valence-corrected chi connectivity index (χ1v) is 6.88. The highest BCUT2D eigenvalue weighted by molar-refractivity contribution is 7.80. The Morgan fingerprint density at radius 2 is 2.11 bits per heavy atom. The first-order valence-electron chi connectivity index (χ1n) is 6.25. The summed E-state index contributed by atoms with van der Waals surface area (Å²) in [4.78, 5) is 24.9. The zero-order valence-electron chi connectivity index (χ0n) is 11.0. The number of thiol groups is 1. The van der Waals surface area contributed by atoms with E-state index in [2.05, 4.69) is 17.9 Å². The number of hydrogen-bond acceptors (Lipinski definition) is 4. The molecule has 0 radical (unpaired) electrons. The van der Waals surface area contributed by atoms with Gasteiger partial charge in [0.25, 0.3) is 0 Å². The zero-order chi connectivity index (χ0) is 13.8. The predicted molar refractivity (Wildman–Crippen MR) is 72.5 cm³/mol. The van der Waals surface area contributed by atoms with E-state index >= 15 is 0 Å². The van der Waals surface area contributed by atoms with Crippen molar-refractivity contribution in [1.82, 2.24) is 10.2 Å². The van der Waals surface area contributed by atoms with Crippen molar-refractivity contribution in [3.8, 4) is 0 Å². The molecule has 6 heteroatoms. The average Bonchev–Trinajstić information content (AvgIpc) is 2.46. The third-order valence-corrected chi connectivity index (χ3v) is 3.60. The summed E-state index contributed by atoms with van der Waals surface area (Å²) in [7, 11) is 0. The number of likely N-dealkylation sites (tertiary alicyclic amines) is 1. The van der Waals surface area contributed by atoms with Gasteiger partial charge in [0.2, 0.25) is 11.8 Å². The Balaban J connectivity index is 2.62. The van der Waals surface area contributed by atoms with Gasteiger partial charge in [-0.05, 0) is 26.2 Å². The Kier molecular flexibility index (Phi) is 5.47. The fourth-order valence-electron chi connectivity index (χ4n) is 2.13. The highest BCUT2D eigenvalue weighted by atomic mass is 32.1. The standard InChI is InChI=1S/C12H22N2O3S/c1-9(15)13-10(8-18)11(16)14-6-3-4-12(2,17)5-7-14/h10,17-18H,3-8H2,1-2H3,(H,13,15). The summed E-state index contributed by atoms with van der Waals surface area (Å²) in [5.41, 5.74) is -0.695. The fraction of sp³-hybridized carbons (Fsp3) is 0.833. The van der Waals surface area contributed by atoms with Crippen LogP contribution in [0, 0.1) is 0 Å². The van der Waals surface area contributed by atoms with Gasteiger partial charge in [0.15, 0.2) is 0 Å². The van der Waals surface area contributed by atoms with Crippen LogP contribution in [0.1, 0.15) is 33.1 Å². The molecule has 0 saturated carbocycles. The number of aliphatic hydroxyl groups is 1. The van der Waals surface area contributed by atoms with E-state index in [1.807, 2.05) is 0 Å². The third kappa shape index (κ3) is 4.49. The number of hydrogen-bond donors (Lipinski definition) is 3. The van der Waals surface area contributed by atoms with Gasteiger partial charge in [-0.25, -0.2) is 0 Å². The van der Waals surface area contributed by atoms with Crippen molar-refractivity contribution in [3.05, 3.63) is 0 Å². The summed E-state index contributed by atoms with van der Waals surface area (Å²) in [5, 5.41) is 12.6. The van der Waals surface area contributed by atoms with Gasteiger partial charge in [-0.15, -0.1) is 0 Å². The van der Waals surface area contributed by atoms with Gasteiger partial charge in [0.1, 0.15) is 6.04 Å². The van der Waals surface area contributed by atoms with Crippen LogP contribution >= 0.6 is 12.6 Å². The first kappa shape index (κ1) is 15.3. The van der Waals surface area contributed by atoms with E-state index in [9.17, 15) is 14.7 Å². The zero-order valence-corrected chi connectivity index (χ0v) is 11.9. The van der Waals surface area contributed by atoms with E-state index in [0.29, 0.717) is 25.9 Å². The van der Waals surface area contributed by atoms with Gasteiger partial charge in [0.05, 0.1) is 5.60 Å². The molecule has 0 aliphatic carbocycles. The van der Waals surface area contributed by atoms with Crippen LogP contribution in [0.15, 0.2) is 0 Å². The van der Waals surface area contributed by atoms with Crippen molar-refractivity contribution in [2.75, 3.05) is 18.8 Å². The van der Waals surface area contributed by atoms with Crippen LogP contribution in [-0.2, 0) is 9.59 Å². The molecule has 1 aliphatic rings. The molecule has 1 rings (SSSR count). The molecule has 2 atom stereocenters. The quantitative estimate of drug-likeness (QED) is 0.643. The first-order chi connectivity index (χ1) is 8.35. The average molecular weight is 274 g/mol. The van der Waals surface area contributed by atoms with E-state index in [1.54, 1.807) is 11.8 Å². The van der Waals surface area contributed by atoms with Gasteiger partial charge < -0.3 is 15.3 Å². The summed E-state index contributed by atoms with van der Waals surface area (Å²) in [5.74, 6) is -0.0622. The summed E-state index contributed by atoms with van der Waals surface area (Å²) >= 11 is 4.10. The highest BCUT2D eigenvalue weighted by Gasteiger charge is 2.30. The third-order valence-electron chi connectivity index (χ3n) is 3.23. The van der Waals surface area contributed by atoms with E-state index in [4.69, 9.17) is 0 Å². The minimum atomic E-state index is -0.695. The number of carbonyl (C=O) groups excluding carboxylic acids is 2. The van der Waals surface area contributed by atoms with Crippen LogP contribution in [0.4, 0.5) is 0 Å². The summed E-state index contributed by atoms with van der Waals surface area (Å²) in [6, 6.07) is -0.575. The minimum Gasteiger partial charge on any atom is -0.390 e. The molecule has 18 heavy (non-hydrogen) atoms. The number of nitrogens with one attached hydrogen (secondary N) is 1. The molecule has 2 unspecified atom stereocenters. The molecule has 0 aromatic carbocycles. The SMILES string of the molecule is CC(=O)NC(CS)C(=O)N1CCCC(C)(O)CC1. The molecular weight excluding hydrogens is 252 g/mol. The Morgan fingerprint density at radius 3 is 2.67 bits per heavy atom. The molecule has 5 nitrogen and oxygen atoms in total. The highest BCUT2D eigenvalue weighted by Crippen LogP contribution is 2.21. The second kappa shape index (κ2) is 6.43. The van der Waals surface area contributed by atoms with Gasteiger partial charge >= 0.3 is 0 Å². The molecule has 2 N–H and O–H groups in total. The maximum atomic E-state index is 12.2. The van der Waals surface area contributed by atoms with Crippen molar-refractivity contribution in [1.29, 1.82) is 0 Å². The van der Waals surface area contributed by atoms with Gasteiger partial charge in [-0.2, -0.15) is 12.6 Å². The normalized spacial score (nSPS) is 26.3. The second-order valence-corrected chi connectivity index (χ2v) is 5.48. The van der Waals surface area contributed by atoms with Crippen molar-refractivity contribution >= 4 is 24.4 Å². The van der Waals surface area contributed by atoms with Gasteiger partial charge in [-0.3, -0.25) is 9.59 Å². The lowest BCUT2D eigenvalue weighted by Crippen LogP contribution is -2.49. The van der Waals surface area contributed by atoms with Crippen LogP contribution in [0.3, 0.4) is 0 Å². The number of nitrogens with zero attached hydrogens (tertiary/aromatic N) is 1. The van der Waals surface area contributed by atoms with Crippen molar-refractivity contribution in [3.63, 3.8) is 0 Å². The molecule has 104 valence electrons.